The van der Waals surface area contributed by atoms with E-state index in [4.69, 9.17) is 29.9 Å². The van der Waals surface area contributed by atoms with E-state index in [0.717, 1.165) is 77.9 Å². The SMILES string of the molecule is c1ccc(-c2ccc(-c3ccc(-c4nc(-c5ccccc5)nc(-c5ccc(-c6ccc7c(c6)-n6c8ccccc8c8cccc(c86)C76c7ccccc7-c7ccccc76)cc5)n4)cc3)cc2)cc1.c1ccc(-c2ccc(-c3cccc(-c4nc(-c5ccccc5)nc(-c5ccc(-c6ccc7c(c6)-n6c8ccccc8c8cccc(c86)C76c7ccccc7-c7ccccc76)cc5)n4)c3)cc2)cc1. The highest BCUT2D eigenvalue weighted by Gasteiger charge is 2.53. The molecule has 4 aliphatic rings. The molecule has 2 aliphatic carbocycles. The first-order valence-electron chi connectivity index (χ1n) is 46.5. The van der Waals surface area contributed by atoms with Crippen molar-refractivity contribution >= 4 is 43.6 Å². The molecule has 8 heteroatoms. The normalized spacial score (nSPS) is 12.8. The molecule has 20 aromatic carbocycles. The van der Waals surface area contributed by atoms with E-state index >= 15 is 0 Å². The molecule has 0 radical (unpaired) electrons. The Morgan fingerprint density at radius 3 is 0.691 bits per heavy atom. The van der Waals surface area contributed by atoms with Crippen molar-refractivity contribution in [2.75, 3.05) is 0 Å². The summed E-state index contributed by atoms with van der Waals surface area (Å²) in [4.78, 5) is 30.6. The molecular formula is C128H80N8. The summed E-state index contributed by atoms with van der Waals surface area (Å²) in [6.45, 7) is 0. The van der Waals surface area contributed by atoms with Gasteiger partial charge in [-0.2, -0.15) is 0 Å². The first kappa shape index (κ1) is 77.9. The van der Waals surface area contributed by atoms with Gasteiger partial charge in [0.15, 0.2) is 34.9 Å². The number of fused-ring (bicyclic) bond motifs is 24. The van der Waals surface area contributed by atoms with E-state index in [1.165, 1.54) is 144 Å². The van der Waals surface area contributed by atoms with E-state index in [0.29, 0.717) is 34.9 Å². The zero-order valence-corrected chi connectivity index (χ0v) is 73.8. The van der Waals surface area contributed by atoms with Crippen LogP contribution in [0.2, 0.25) is 0 Å². The molecule has 4 aromatic heterocycles. The number of hydrogen-bond donors (Lipinski definition) is 0. The van der Waals surface area contributed by atoms with E-state index < -0.39 is 10.8 Å². The Hall–Kier alpha value is -18.0. The quantitative estimate of drug-likeness (QED) is 0.121. The monoisotopic (exact) mass is 1730 g/mol. The van der Waals surface area contributed by atoms with Crippen LogP contribution in [0, 0.1) is 0 Å². The van der Waals surface area contributed by atoms with Gasteiger partial charge in [-0.1, -0.05) is 455 Å². The van der Waals surface area contributed by atoms with Crippen molar-refractivity contribution in [2.24, 2.45) is 0 Å². The fourth-order valence-corrected chi connectivity index (χ4v) is 22.4. The molecule has 8 nitrogen and oxygen atoms in total. The predicted molar refractivity (Wildman–Crippen MR) is 555 cm³/mol. The Balaban J connectivity index is 0.000000138. The van der Waals surface area contributed by atoms with Crippen LogP contribution in [0.1, 0.15) is 44.5 Å². The summed E-state index contributed by atoms with van der Waals surface area (Å²) in [6, 6.07) is 175. The van der Waals surface area contributed by atoms with Crippen molar-refractivity contribution < 1.29 is 0 Å². The molecule has 0 N–H and O–H groups in total. The maximum absolute atomic E-state index is 5.17. The third kappa shape index (κ3) is 12.2. The molecule has 136 heavy (non-hydrogen) atoms. The van der Waals surface area contributed by atoms with Gasteiger partial charge in [0.1, 0.15) is 0 Å². The lowest BCUT2D eigenvalue weighted by atomic mass is 9.65. The number of para-hydroxylation sites is 4. The van der Waals surface area contributed by atoms with Crippen molar-refractivity contribution in [3.05, 3.63) is 530 Å². The average molecular weight is 1730 g/mol. The van der Waals surface area contributed by atoms with Gasteiger partial charge >= 0.3 is 0 Å². The lowest BCUT2D eigenvalue weighted by Gasteiger charge is -2.39. The number of rotatable bonds is 12. The standard InChI is InChI=1S/2C64H40N4/c1-3-15-41(16-4-1)42-29-31-43(32-30-42)47-19-13-20-49(39-47)63-66-61(45-17-5-2-6-18-45)65-62(67-63)46-35-33-44(34-36-46)48-37-38-56-59(40-48)68-58-28-12-9-23-52(58)53-24-14-27-57(60(53)68)64(56)54-25-10-7-21-50(54)51-22-8-11-26-55(51)64;1-3-14-41(15-4-1)42-26-28-43(29-27-42)44-30-34-47(35-31-44)62-65-61(46-16-5-2-6-17-46)66-63(67-62)48-36-32-45(33-37-48)49-38-39-56-59(40-49)68-58-25-12-9-20-52(58)53-21-13-24-57(60(53)68)64(56)54-22-10-7-18-50(54)51-19-8-11-23-55(51)64/h2*1-40H. The second kappa shape index (κ2) is 31.4. The average Bonchev–Trinajstić information content (AvgIpc) is 1.48. The Bertz CT molecular complexity index is 8820. The number of nitrogens with zero attached hydrogens (tertiary/aromatic N) is 8. The highest BCUT2D eigenvalue weighted by atomic mass is 15.1. The molecule has 24 aromatic rings. The topological polar surface area (TPSA) is 87.2 Å². The van der Waals surface area contributed by atoms with E-state index in [9.17, 15) is 0 Å². The Morgan fingerprint density at radius 2 is 0.353 bits per heavy atom. The van der Waals surface area contributed by atoms with Crippen LogP contribution in [0.15, 0.2) is 485 Å². The van der Waals surface area contributed by atoms with Crippen molar-refractivity contribution in [1.29, 1.82) is 0 Å². The first-order valence-corrected chi connectivity index (χ1v) is 46.5. The van der Waals surface area contributed by atoms with Crippen LogP contribution < -0.4 is 0 Å². The van der Waals surface area contributed by atoms with Gasteiger partial charge in [-0.05, 0) is 164 Å². The van der Waals surface area contributed by atoms with Crippen molar-refractivity contribution in [1.82, 2.24) is 39.0 Å². The number of aromatic nitrogens is 8. The van der Waals surface area contributed by atoms with E-state index in [-0.39, 0.29) is 0 Å². The molecule has 0 saturated heterocycles. The zero-order chi connectivity index (χ0) is 89.5. The van der Waals surface area contributed by atoms with Gasteiger partial charge in [-0.25, -0.2) is 29.9 Å². The third-order valence-corrected chi connectivity index (χ3v) is 28.6. The Kier molecular flexibility index (Phi) is 18.0. The number of benzene rings is 20. The molecule has 632 valence electrons. The lowest BCUT2D eigenvalue weighted by molar-refractivity contribution is 0.748. The minimum atomic E-state index is -0.478. The smallest absolute Gasteiger partial charge is 0.164 e. The Labute approximate surface area is 786 Å². The summed E-state index contributed by atoms with van der Waals surface area (Å²) in [6.07, 6.45) is 0. The number of hydrogen-bond acceptors (Lipinski definition) is 6. The molecule has 0 bridgehead atoms. The second-order valence-corrected chi connectivity index (χ2v) is 35.8. The maximum Gasteiger partial charge on any atom is 0.164 e. The summed E-state index contributed by atoms with van der Waals surface area (Å²) in [5, 5.41) is 5.07. The van der Waals surface area contributed by atoms with Crippen LogP contribution in [-0.2, 0) is 10.8 Å². The van der Waals surface area contributed by atoms with E-state index in [2.05, 4.69) is 446 Å². The highest BCUT2D eigenvalue weighted by molar-refractivity contribution is 6.15. The predicted octanol–water partition coefficient (Wildman–Crippen LogP) is 31.3. The Morgan fingerprint density at radius 1 is 0.140 bits per heavy atom. The zero-order valence-electron chi connectivity index (χ0n) is 73.8. The summed E-state index contributed by atoms with van der Waals surface area (Å²) in [5.74, 6) is 3.79. The largest absolute Gasteiger partial charge is 0.309 e. The van der Waals surface area contributed by atoms with Crippen LogP contribution in [0.5, 0.6) is 0 Å². The van der Waals surface area contributed by atoms with Crippen LogP contribution in [0.25, 0.3) is 212 Å². The molecule has 28 rings (SSSR count). The minimum absolute atomic E-state index is 0.476. The van der Waals surface area contributed by atoms with Crippen LogP contribution in [-0.4, -0.2) is 39.0 Å². The minimum Gasteiger partial charge on any atom is -0.309 e. The summed E-state index contributed by atoms with van der Waals surface area (Å²) >= 11 is 0. The van der Waals surface area contributed by atoms with Gasteiger partial charge in [0, 0.05) is 54.9 Å². The van der Waals surface area contributed by atoms with Crippen LogP contribution >= 0.6 is 0 Å². The van der Waals surface area contributed by atoms with Crippen molar-refractivity contribution in [2.45, 2.75) is 10.8 Å². The highest BCUT2D eigenvalue weighted by Crippen LogP contribution is 2.64. The molecule has 0 unspecified atom stereocenters. The molecule has 6 heterocycles. The van der Waals surface area contributed by atoms with Crippen LogP contribution in [0.4, 0.5) is 0 Å². The van der Waals surface area contributed by atoms with E-state index in [1.807, 2.05) is 48.5 Å². The molecular weight excluding hydrogens is 1650 g/mol. The summed E-state index contributed by atoms with van der Waals surface area (Å²) in [5.41, 5.74) is 41.6. The molecule has 0 fully saturated rings. The van der Waals surface area contributed by atoms with Gasteiger partial charge in [0.25, 0.3) is 0 Å². The molecule has 0 saturated carbocycles. The molecule has 2 aliphatic heterocycles. The second-order valence-electron chi connectivity index (χ2n) is 35.8. The molecule has 0 amide bonds. The third-order valence-electron chi connectivity index (χ3n) is 28.6. The molecule has 0 atom stereocenters. The summed E-state index contributed by atoms with van der Waals surface area (Å²) < 4.78 is 5.04. The van der Waals surface area contributed by atoms with Gasteiger partial charge < -0.3 is 9.13 Å². The van der Waals surface area contributed by atoms with Gasteiger partial charge in [-0.3, -0.25) is 0 Å². The first-order chi connectivity index (χ1) is 67.4. The fourth-order valence-electron chi connectivity index (χ4n) is 22.4. The maximum atomic E-state index is 5.17. The van der Waals surface area contributed by atoms with E-state index in [1.54, 1.807) is 0 Å². The van der Waals surface area contributed by atoms with Gasteiger partial charge in [0.05, 0.1) is 44.3 Å². The lowest BCUT2D eigenvalue weighted by Crippen LogP contribution is -2.33. The molecule has 2 spiro atoms. The van der Waals surface area contributed by atoms with Gasteiger partial charge in [0.2, 0.25) is 0 Å². The summed E-state index contributed by atoms with van der Waals surface area (Å²) in [7, 11) is 0. The van der Waals surface area contributed by atoms with Crippen molar-refractivity contribution in [3.8, 4) is 169 Å². The van der Waals surface area contributed by atoms with Crippen molar-refractivity contribution in [3.63, 3.8) is 0 Å². The van der Waals surface area contributed by atoms with Crippen LogP contribution in [0.3, 0.4) is 0 Å². The van der Waals surface area contributed by atoms with Gasteiger partial charge in [-0.15, -0.1) is 0 Å². The fraction of sp³-hybridized carbons (Fsp3) is 0.0156.